The molecular formula is C8H5FO2S2. The van der Waals surface area contributed by atoms with Crippen molar-refractivity contribution < 1.29 is 13.2 Å². The molecule has 2 aromatic rings. The van der Waals surface area contributed by atoms with E-state index in [-0.39, 0.29) is 5.82 Å². The number of fused-ring (bicyclic) bond motifs is 1. The van der Waals surface area contributed by atoms with Crippen LogP contribution in [0, 0.1) is 5.82 Å². The Morgan fingerprint density at radius 3 is 2.85 bits per heavy atom. The summed E-state index contributed by atoms with van der Waals surface area (Å²) >= 11 is -0.775. The normalized spacial score (nSPS) is 13.4. The minimum absolute atomic E-state index is 0.333. The van der Waals surface area contributed by atoms with Gasteiger partial charge in [0, 0.05) is 4.70 Å². The van der Waals surface area contributed by atoms with Crippen LogP contribution in [0.15, 0.2) is 28.5 Å². The summed E-state index contributed by atoms with van der Waals surface area (Å²) in [4.78, 5) is 0. The molecule has 0 fully saturated rings. The minimum atomic E-state index is -1.97. The lowest BCUT2D eigenvalue weighted by atomic mass is 10.3. The first kappa shape index (κ1) is 8.80. The summed E-state index contributed by atoms with van der Waals surface area (Å²) in [6.07, 6.45) is 0. The molecule has 0 bridgehead atoms. The van der Waals surface area contributed by atoms with Gasteiger partial charge in [-0.2, -0.15) is 0 Å². The van der Waals surface area contributed by atoms with Crippen LogP contribution in [0.1, 0.15) is 0 Å². The molecule has 0 radical (unpaired) electrons. The number of thiophene rings is 1. The Balaban J connectivity index is 2.68. The van der Waals surface area contributed by atoms with Crippen LogP contribution in [0.25, 0.3) is 10.1 Å². The van der Waals surface area contributed by atoms with Crippen molar-refractivity contribution in [2.75, 3.05) is 0 Å². The predicted molar refractivity (Wildman–Crippen MR) is 50.8 cm³/mol. The molecule has 0 spiro atoms. The summed E-state index contributed by atoms with van der Waals surface area (Å²) in [7, 11) is 0. The van der Waals surface area contributed by atoms with Gasteiger partial charge in [0.1, 0.15) is 10.0 Å². The molecular weight excluding hydrogens is 211 g/mol. The van der Waals surface area contributed by atoms with E-state index in [2.05, 4.69) is 0 Å². The first-order valence-electron chi connectivity index (χ1n) is 3.47. The van der Waals surface area contributed by atoms with Crippen LogP contribution in [0.4, 0.5) is 4.39 Å². The Hall–Kier alpha value is -0.780. The Bertz CT molecular complexity index is 478. The third-order valence-electron chi connectivity index (χ3n) is 1.63. The van der Waals surface area contributed by atoms with Gasteiger partial charge in [0.15, 0.2) is 11.1 Å². The van der Waals surface area contributed by atoms with Crippen LogP contribution >= 0.6 is 11.3 Å². The van der Waals surface area contributed by atoms with Gasteiger partial charge in [0.05, 0.1) is 0 Å². The molecule has 1 heterocycles. The zero-order valence-electron chi connectivity index (χ0n) is 6.36. The highest BCUT2D eigenvalue weighted by Crippen LogP contribution is 2.27. The fourth-order valence-corrected chi connectivity index (χ4v) is 2.63. The van der Waals surface area contributed by atoms with E-state index < -0.39 is 11.1 Å². The molecule has 68 valence electrons. The third-order valence-corrected chi connectivity index (χ3v) is 3.68. The molecule has 1 unspecified atom stereocenters. The number of hydrogen-bond acceptors (Lipinski definition) is 2. The van der Waals surface area contributed by atoms with Gasteiger partial charge >= 0.3 is 0 Å². The Kier molecular flexibility index (Phi) is 2.15. The van der Waals surface area contributed by atoms with Crippen molar-refractivity contribution in [2.24, 2.45) is 0 Å². The first-order chi connectivity index (χ1) is 6.16. The van der Waals surface area contributed by atoms with Crippen LogP contribution in [-0.4, -0.2) is 8.76 Å². The highest BCUT2D eigenvalue weighted by molar-refractivity contribution is 7.82. The van der Waals surface area contributed by atoms with Gasteiger partial charge in [-0.25, -0.2) is 8.60 Å². The number of benzene rings is 1. The average molecular weight is 216 g/mol. The second-order valence-corrected chi connectivity index (χ2v) is 4.78. The monoisotopic (exact) mass is 216 g/mol. The van der Waals surface area contributed by atoms with E-state index in [1.54, 1.807) is 6.07 Å². The van der Waals surface area contributed by atoms with Gasteiger partial charge in [0.2, 0.25) is 0 Å². The van der Waals surface area contributed by atoms with Gasteiger partial charge in [-0.05, 0) is 29.7 Å². The van der Waals surface area contributed by atoms with Crippen molar-refractivity contribution in [3.8, 4) is 0 Å². The molecule has 2 nitrogen and oxygen atoms in total. The molecule has 1 N–H and O–H groups in total. The standard InChI is InChI=1S/C8H5FO2S2/c9-6-1-2-7-5(3-6)4-8(12-7)13(10)11/h1-4H,(H,10,11). The molecule has 1 atom stereocenters. The first-order valence-corrected chi connectivity index (χ1v) is 5.39. The fraction of sp³-hybridized carbons (Fsp3) is 0. The molecule has 0 saturated heterocycles. The van der Waals surface area contributed by atoms with E-state index in [9.17, 15) is 8.60 Å². The van der Waals surface area contributed by atoms with Crippen molar-refractivity contribution in [2.45, 2.75) is 4.21 Å². The van der Waals surface area contributed by atoms with Gasteiger partial charge in [0.25, 0.3) is 0 Å². The van der Waals surface area contributed by atoms with E-state index in [4.69, 9.17) is 4.55 Å². The van der Waals surface area contributed by atoms with Crippen LogP contribution < -0.4 is 0 Å². The predicted octanol–water partition coefficient (Wildman–Crippen LogP) is 2.62. The van der Waals surface area contributed by atoms with Gasteiger partial charge in [-0.15, -0.1) is 11.3 Å². The lowest BCUT2D eigenvalue weighted by Crippen LogP contribution is -1.79. The SMILES string of the molecule is O=S(O)c1cc2cc(F)ccc2s1. The van der Waals surface area contributed by atoms with Crippen molar-refractivity contribution >= 4 is 32.5 Å². The smallest absolute Gasteiger partial charge is 0.196 e. The quantitative estimate of drug-likeness (QED) is 0.744. The zero-order chi connectivity index (χ0) is 9.42. The van der Waals surface area contributed by atoms with Gasteiger partial charge in [-0.1, -0.05) is 0 Å². The summed E-state index contributed by atoms with van der Waals surface area (Å²) in [5.41, 5.74) is 0. The average Bonchev–Trinajstić information content (AvgIpc) is 2.46. The van der Waals surface area contributed by atoms with E-state index in [0.717, 1.165) is 4.70 Å². The molecule has 1 aromatic carbocycles. The Morgan fingerprint density at radius 2 is 2.15 bits per heavy atom. The molecule has 0 aliphatic heterocycles. The van der Waals surface area contributed by atoms with E-state index >= 15 is 0 Å². The lowest BCUT2D eigenvalue weighted by molar-refractivity contribution is 0.566. The highest BCUT2D eigenvalue weighted by Gasteiger charge is 2.06. The van der Waals surface area contributed by atoms with Crippen LogP contribution in [0.2, 0.25) is 0 Å². The van der Waals surface area contributed by atoms with Crippen molar-refractivity contribution in [1.82, 2.24) is 0 Å². The summed E-state index contributed by atoms with van der Waals surface area (Å²) in [6.45, 7) is 0. The molecule has 2 rings (SSSR count). The summed E-state index contributed by atoms with van der Waals surface area (Å²) < 4.78 is 33.3. The van der Waals surface area contributed by atoms with Gasteiger partial charge < -0.3 is 4.55 Å². The molecule has 1 aromatic heterocycles. The third kappa shape index (κ3) is 1.63. The maximum atomic E-state index is 12.7. The fourth-order valence-electron chi connectivity index (χ4n) is 1.08. The number of halogens is 1. The molecule has 5 heteroatoms. The van der Waals surface area contributed by atoms with Crippen molar-refractivity contribution in [3.63, 3.8) is 0 Å². The van der Waals surface area contributed by atoms with E-state index in [0.29, 0.717) is 9.60 Å². The van der Waals surface area contributed by atoms with Crippen LogP contribution in [0.5, 0.6) is 0 Å². The maximum absolute atomic E-state index is 12.7. The van der Waals surface area contributed by atoms with Crippen LogP contribution in [0.3, 0.4) is 0 Å². The molecule has 0 aliphatic rings. The summed E-state index contributed by atoms with van der Waals surface area (Å²) in [5.74, 6) is -0.333. The lowest BCUT2D eigenvalue weighted by Gasteiger charge is -1.86. The number of rotatable bonds is 1. The molecule has 0 saturated carbocycles. The van der Waals surface area contributed by atoms with Crippen LogP contribution in [-0.2, 0) is 11.1 Å². The topological polar surface area (TPSA) is 37.3 Å². The van der Waals surface area contributed by atoms with E-state index in [1.807, 2.05) is 0 Å². The second kappa shape index (κ2) is 3.17. The highest BCUT2D eigenvalue weighted by atomic mass is 32.2. The zero-order valence-corrected chi connectivity index (χ0v) is 7.99. The summed E-state index contributed by atoms with van der Waals surface area (Å²) in [6, 6.07) is 5.82. The largest absolute Gasteiger partial charge is 0.302 e. The Labute approximate surface area is 80.3 Å². The van der Waals surface area contributed by atoms with E-state index in [1.165, 1.54) is 29.5 Å². The molecule has 0 amide bonds. The minimum Gasteiger partial charge on any atom is -0.302 e. The van der Waals surface area contributed by atoms with Crippen molar-refractivity contribution in [3.05, 3.63) is 30.1 Å². The second-order valence-electron chi connectivity index (χ2n) is 2.50. The Morgan fingerprint density at radius 1 is 1.38 bits per heavy atom. The molecule has 13 heavy (non-hydrogen) atoms. The molecule has 0 aliphatic carbocycles. The van der Waals surface area contributed by atoms with Crippen molar-refractivity contribution in [1.29, 1.82) is 0 Å². The maximum Gasteiger partial charge on any atom is 0.196 e. The van der Waals surface area contributed by atoms with Gasteiger partial charge in [-0.3, -0.25) is 0 Å². The number of hydrogen-bond donors (Lipinski definition) is 1. The summed E-state index contributed by atoms with van der Waals surface area (Å²) in [5, 5.41) is 0.669.